The molecule has 126 valence electrons. The summed E-state index contributed by atoms with van der Waals surface area (Å²) >= 11 is 5.98. The maximum absolute atomic E-state index is 13.0. The first kappa shape index (κ1) is 16.7. The number of nitrogens with one attached hydrogen (secondary N) is 1. The van der Waals surface area contributed by atoms with Gasteiger partial charge in [-0.25, -0.2) is 0 Å². The number of carbonyl (C=O) groups excluding carboxylic acids is 1. The van der Waals surface area contributed by atoms with Crippen LogP contribution < -0.4 is 5.32 Å². The summed E-state index contributed by atoms with van der Waals surface area (Å²) in [5.74, 6) is -0.0801. The second-order valence-electron chi connectivity index (χ2n) is 6.95. The number of benzene rings is 1. The second kappa shape index (κ2) is 6.80. The number of halogens is 1. The van der Waals surface area contributed by atoms with Gasteiger partial charge in [0.15, 0.2) is 0 Å². The van der Waals surface area contributed by atoms with Crippen molar-refractivity contribution >= 4 is 17.5 Å². The fraction of sp³-hybridized carbons (Fsp3) is 0.611. The Morgan fingerprint density at radius 3 is 2.43 bits per heavy atom. The zero-order valence-electron chi connectivity index (χ0n) is 13.2. The molecule has 2 saturated carbocycles. The van der Waals surface area contributed by atoms with Crippen LogP contribution in [0.4, 0.5) is 0 Å². The van der Waals surface area contributed by atoms with Crippen LogP contribution in [0.2, 0.25) is 5.02 Å². The fourth-order valence-corrected chi connectivity index (χ4v) is 4.26. The Morgan fingerprint density at radius 1 is 1.22 bits per heavy atom. The van der Waals surface area contributed by atoms with Gasteiger partial charge in [-0.3, -0.25) is 4.79 Å². The van der Waals surface area contributed by atoms with Crippen molar-refractivity contribution in [2.24, 2.45) is 5.92 Å². The van der Waals surface area contributed by atoms with E-state index in [0.29, 0.717) is 17.9 Å². The van der Waals surface area contributed by atoms with Crippen molar-refractivity contribution in [2.45, 2.75) is 56.1 Å². The molecule has 2 aliphatic rings. The third kappa shape index (κ3) is 3.25. The largest absolute Gasteiger partial charge is 0.396 e. The highest BCUT2D eigenvalue weighted by atomic mass is 35.5. The lowest BCUT2D eigenvalue weighted by molar-refractivity contribution is -0.127. The number of hydrogen-bond donors (Lipinski definition) is 3. The summed E-state index contributed by atoms with van der Waals surface area (Å²) in [5.41, 5.74) is 0.543. The van der Waals surface area contributed by atoms with Gasteiger partial charge in [-0.15, -0.1) is 0 Å². The fourth-order valence-electron chi connectivity index (χ4n) is 4.13. The monoisotopic (exact) mass is 337 g/mol. The molecule has 3 N–H and O–H groups in total. The maximum atomic E-state index is 13.0. The predicted octanol–water partition coefficient (Wildman–Crippen LogP) is 2.40. The summed E-state index contributed by atoms with van der Waals surface area (Å²) in [6.45, 7) is -0.0319. The van der Waals surface area contributed by atoms with Crippen molar-refractivity contribution in [3.63, 3.8) is 0 Å². The summed E-state index contributed by atoms with van der Waals surface area (Å²) in [6, 6.07) is 7.52. The summed E-state index contributed by atoms with van der Waals surface area (Å²) in [4.78, 5) is 13.0. The lowest BCUT2D eigenvalue weighted by Gasteiger charge is -2.30. The number of amides is 1. The standard InChI is InChI=1S/C18H24ClNO3/c19-14-5-3-13(4-6-14)18(7-1-2-8-18)17(23)20-15-9-12(11-21)16(22)10-15/h3-6,12,15-16,21-22H,1-2,7-11H2,(H,20,23)/t12-,15+,16+/m1/s1. The Morgan fingerprint density at radius 2 is 1.87 bits per heavy atom. The van der Waals surface area contributed by atoms with Crippen LogP contribution in [0.1, 0.15) is 44.1 Å². The van der Waals surface area contributed by atoms with E-state index >= 15 is 0 Å². The van der Waals surface area contributed by atoms with Crippen LogP contribution in [-0.4, -0.2) is 34.9 Å². The third-order valence-electron chi connectivity index (χ3n) is 5.52. The summed E-state index contributed by atoms with van der Waals surface area (Å²) < 4.78 is 0. The molecule has 3 rings (SSSR count). The average Bonchev–Trinajstić information content (AvgIpc) is 3.15. The highest BCUT2D eigenvalue weighted by molar-refractivity contribution is 6.30. The molecular weight excluding hydrogens is 314 g/mol. The van der Waals surface area contributed by atoms with Crippen LogP contribution in [0.25, 0.3) is 0 Å². The molecule has 0 bridgehead atoms. The minimum atomic E-state index is -0.527. The Hall–Kier alpha value is -1.10. The van der Waals surface area contributed by atoms with E-state index < -0.39 is 11.5 Å². The van der Waals surface area contributed by atoms with Crippen molar-refractivity contribution in [1.29, 1.82) is 0 Å². The van der Waals surface area contributed by atoms with E-state index in [1.54, 1.807) is 0 Å². The lowest BCUT2D eigenvalue weighted by Crippen LogP contribution is -2.46. The van der Waals surface area contributed by atoms with Crippen molar-refractivity contribution < 1.29 is 15.0 Å². The van der Waals surface area contributed by atoms with Gasteiger partial charge in [0.1, 0.15) is 0 Å². The molecule has 2 aliphatic carbocycles. The molecule has 0 saturated heterocycles. The molecule has 3 atom stereocenters. The number of aliphatic hydroxyl groups excluding tert-OH is 2. The number of carbonyl (C=O) groups is 1. The van der Waals surface area contributed by atoms with Crippen LogP contribution in [0.5, 0.6) is 0 Å². The molecule has 4 nitrogen and oxygen atoms in total. The normalized spacial score (nSPS) is 29.6. The molecule has 0 heterocycles. The Labute approximate surface area is 141 Å². The number of aliphatic hydroxyl groups is 2. The summed E-state index contributed by atoms with van der Waals surface area (Å²) in [5, 5.41) is 23.0. The van der Waals surface area contributed by atoms with Crippen molar-refractivity contribution in [1.82, 2.24) is 5.32 Å². The second-order valence-corrected chi connectivity index (χ2v) is 7.38. The molecule has 23 heavy (non-hydrogen) atoms. The van der Waals surface area contributed by atoms with Crippen molar-refractivity contribution in [2.75, 3.05) is 6.61 Å². The van der Waals surface area contributed by atoms with Gasteiger partial charge in [0.25, 0.3) is 0 Å². The molecule has 0 aromatic heterocycles. The quantitative estimate of drug-likeness (QED) is 0.790. The van der Waals surface area contributed by atoms with Crippen LogP contribution in [0.15, 0.2) is 24.3 Å². The van der Waals surface area contributed by atoms with Crippen LogP contribution in [0.3, 0.4) is 0 Å². The van der Waals surface area contributed by atoms with Gasteiger partial charge in [-0.2, -0.15) is 0 Å². The lowest BCUT2D eigenvalue weighted by atomic mass is 9.78. The van der Waals surface area contributed by atoms with Crippen LogP contribution >= 0.6 is 11.6 Å². The highest BCUT2D eigenvalue weighted by Gasteiger charge is 2.44. The van der Waals surface area contributed by atoms with E-state index in [9.17, 15) is 15.0 Å². The molecule has 5 heteroatoms. The number of rotatable bonds is 4. The average molecular weight is 338 g/mol. The zero-order chi connectivity index (χ0) is 16.4. The molecule has 1 aromatic carbocycles. The van der Waals surface area contributed by atoms with E-state index in [0.717, 1.165) is 31.2 Å². The minimum Gasteiger partial charge on any atom is -0.396 e. The van der Waals surface area contributed by atoms with Crippen LogP contribution in [-0.2, 0) is 10.2 Å². The topological polar surface area (TPSA) is 69.6 Å². The van der Waals surface area contributed by atoms with Gasteiger partial charge in [-0.05, 0) is 43.4 Å². The highest BCUT2D eigenvalue weighted by Crippen LogP contribution is 2.42. The zero-order valence-corrected chi connectivity index (χ0v) is 13.9. The first-order valence-corrected chi connectivity index (χ1v) is 8.79. The van der Waals surface area contributed by atoms with E-state index in [1.807, 2.05) is 24.3 Å². The SMILES string of the molecule is O=C(N[C@H]1C[C@H](CO)[C@@H](O)C1)C1(c2ccc(Cl)cc2)CCCC1. The van der Waals surface area contributed by atoms with E-state index in [-0.39, 0.29) is 24.5 Å². The Bertz CT molecular complexity index is 554. The molecular formula is C18H24ClNO3. The summed E-state index contributed by atoms with van der Waals surface area (Å²) in [6.07, 6.45) is 4.41. The minimum absolute atomic E-state index is 0.0319. The van der Waals surface area contributed by atoms with Gasteiger partial charge in [0, 0.05) is 23.6 Å². The summed E-state index contributed by atoms with van der Waals surface area (Å²) in [7, 11) is 0. The van der Waals surface area contributed by atoms with Gasteiger partial charge in [0.2, 0.25) is 5.91 Å². The van der Waals surface area contributed by atoms with Gasteiger partial charge >= 0.3 is 0 Å². The number of hydrogen-bond acceptors (Lipinski definition) is 3. The molecule has 0 spiro atoms. The predicted molar refractivity (Wildman–Crippen MR) is 89.3 cm³/mol. The molecule has 0 radical (unpaired) electrons. The van der Waals surface area contributed by atoms with Gasteiger partial charge in [-0.1, -0.05) is 36.6 Å². The van der Waals surface area contributed by atoms with E-state index in [1.165, 1.54) is 0 Å². The van der Waals surface area contributed by atoms with E-state index in [2.05, 4.69) is 5.32 Å². The molecule has 0 aliphatic heterocycles. The van der Waals surface area contributed by atoms with E-state index in [4.69, 9.17) is 11.6 Å². The first-order valence-electron chi connectivity index (χ1n) is 8.41. The van der Waals surface area contributed by atoms with Crippen molar-refractivity contribution in [3.05, 3.63) is 34.9 Å². The third-order valence-corrected chi connectivity index (χ3v) is 5.77. The first-order chi connectivity index (χ1) is 11.0. The molecule has 0 unspecified atom stereocenters. The smallest absolute Gasteiger partial charge is 0.230 e. The van der Waals surface area contributed by atoms with Gasteiger partial charge in [0.05, 0.1) is 11.5 Å². The van der Waals surface area contributed by atoms with Crippen LogP contribution in [0, 0.1) is 5.92 Å². The molecule has 1 amide bonds. The maximum Gasteiger partial charge on any atom is 0.230 e. The van der Waals surface area contributed by atoms with Gasteiger partial charge < -0.3 is 15.5 Å². The molecule has 2 fully saturated rings. The van der Waals surface area contributed by atoms with Crippen molar-refractivity contribution in [3.8, 4) is 0 Å². The Balaban J connectivity index is 1.76. The Kier molecular flexibility index (Phi) is 4.95. The molecule has 1 aromatic rings.